The quantitative estimate of drug-likeness (QED) is 0.621. The van der Waals surface area contributed by atoms with Crippen molar-refractivity contribution in [2.24, 2.45) is 10.1 Å². The molecule has 2 N–H and O–H groups in total. The minimum absolute atomic E-state index is 0.137. The van der Waals surface area contributed by atoms with E-state index in [-0.39, 0.29) is 5.91 Å². The molecule has 0 spiro atoms. The molecular formula is C14H12N4O. The Kier molecular flexibility index (Phi) is 2.94. The van der Waals surface area contributed by atoms with Crippen LogP contribution in [0.1, 0.15) is 5.56 Å². The molecule has 5 nitrogen and oxygen atoms in total. The zero-order chi connectivity index (χ0) is 13.1. The molecule has 1 amide bonds. The summed E-state index contributed by atoms with van der Waals surface area (Å²) in [7, 11) is 0. The van der Waals surface area contributed by atoms with Crippen LogP contribution < -0.4 is 10.7 Å². The van der Waals surface area contributed by atoms with Crippen LogP contribution in [0.5, 0.6) is 0 Å². The SMILES string of the molecule is O=C1NC(NN=Cc2ccccc2)N=C2C=CC=C12. The molecule has 5 heteroatoms. The normalized spacial score (nSPS) is 20.8. The average Bonchev–Trinajstić information content (AvgIpc) is 2.89. The van der Waals surface area contributed by atoms with Gasteiger partial charge in [-0.3, -0.25) is 10.2 Å². The van der Waals surface area contributed by atoms with Crippen molar-refractivity contribution in [3.63, 3.8) is 0 Å². The van der Waals surface area contributed by atoms with Crippen LogP contribution in [0.25, 0.3) is 0 Å². The summed E-state index contributed by atoms with van der Waals surface area (Å²) in [6.07, 6.45) is 6.52. The smallest absolute Gasteiger partial charge is 0.256 e. The van der Waals surface area contributed by atoms with E-state index >= 15 is 0 Å². The molecule has 1 unspecified atom stereocenters. The summed E-state index contributed by atoms with van der Waals surface area (Å²) < 4.78 is 0. The van der Waals surface area contributed by atoms with E-state index < -0.39 is 6.29 Å². The summed E-state index contributed by atoms with van der Waals surface area (Å²) in [5.74, 6) is -0.137. The average molecular weight is 252 g/mol. The molecule has 3 rings (SSSR count). The van der Waals surface area contributed by atoms with Gasteiger partial charge in [0.05, 0.1) is 17.5 Å². The number of allylic oxidation sites excluding steroid dienone is 3. The Morgan fingerprint density at radius 2 is 2.16 bits per heavy atom. The molecule has 1 aliphatic heterocycles. The first-order chi connectivity index (χ1) is 9.33. The van der Waals surface area contributed by atoms with Crippen molar-refractivity contribution >= 4 is 17.8 Å². The highest BCUT2D eigenvalue weighted by Crippen LogP contribution is 2.13. The second-order valence-electron chi connectivity index (χ2n) is 4.13. The molecule has 0 fully saturated rings. The number of hydrogen-bond acceptors (Lipinski definition) is 4. The van der Waals surface area contributed by atoms with Gasteiger partial charge in [0.15, 0.2) is 0 Å². The van der Waals surface area contributed by atoms with E-state index in [1.165, 1.54) is 0 Å². The molecule has 1 heterocycles. The summed E-state index contributed by atoms with van der Waals surface area (Å²) in [6.45, 7) is 0. The molecule has 0 saturated heterocycles. The Balaban J connectivity index is 1.67. The Hall–Kier alpha value is -2.69. The fourth-order valence-corrected chi connectivity index (χ4v) is 1.87. The van der Waals surface area contributed by atoms with Gasteiger partial charge in [-0.25, -0.2) is 4.99 Å². The lowest BCUT2D eigenvalue weighted by Crippen LogP contribution is -2.47. The third kappa shape index (κ3) is 2.44. The number of amides is 1. The number of carbonyl (C=O) groups excluding carboxylic acids is 1. The zero-order valence-electron chi connectivity index (χ0n) is 10.1. The number of aliphatic imine (C=N–C) groups is 1. The number of carbonyl (C=O) groups is 1. The van der Waals surface area contributed by atoms with Crippen LogP contribution in [0, 0.1) is 0 Å². The lowest BCUT2D eigenvalue weighted by molar-refractivity contribution is -0.118. The molecule has 1 atom stereocenters. The van der Waals surface area contributed by atoms with Gasteiger partial charge >= 0.3 is 0 Å². The number of hydrogen-bond donors (Lipinski definition) is 2. The predicted molar refractivity (Wildman–Crippen MR) is 73.8 cm³/mol. The Bertz CT molecular complexity index is 614. The summed E-state index contributed by atoms with van der Waals surface area (Å²) in [5.41, 5.74) is 5.07. The van der Waals surface area contributed by atoms with Gasteiger partial charge in [-0.05, 0) is 17.7 Å². The molecule has 0 bridgehead atoms. The van der Waals surface area contributed by atoms with E-state index in [1.54, 1.807) is 12.3 Å². The van der Waals surface area contributed by atoms with Crippen LogP contribution >= 0.6 is 0 Å². The van der Waals surface area contributed by atoms with Gasteiger partial charge in [-0.15, -0.1) is 0 Å². The summed E-state index contributed by atoms with van der Waals surface area (Å²) in [5, 5.41) is 6.79. The zero-order valence-corrected chi connectivity index (χ0v) is 10.1. The summed E-state index contributed by atoms with van der Waals surface area (Å²) in [4.78, 5) is 16.1. The predicted octanol–water partition coefficient (Wildman–Crippen LogP) is 0.961. The van der Waals surface area contributed by atoms with Gasteiger partial charge < -0.3 is 5.32 Å². The second-order valence-corrected chi connectivity index (χ2v) is 4.13. The van der Waals surface area contributed by atoms with Crippen molar-refractivity contribution in [3.05, 3.63) is 59.7 Å². The van der Waals surface area contributed by atoms with Gasteiger partial charge in [-0.1, -0.05) is 36.4 Å². The van der Waals surface area contributed by atoms with E-state index in [9.17, 15) is 4.79 Å². The van der Waals surface area contributed by atoms with E-state index in [2.05, 4.69) is 20.8 Å². The second kappa shape index (κ2) is 4.89. The van der Waals surface area contributed by atoms with E-state index in [4.69, 9.17) is 0 Å². The van der Waals surface area contributed by atoms with Gasteiger partial charge in [-0.2, -0.15) is 5.10 Å². The van der Waals surface area contributed by atoms with Gasteiger partial charge in [0.1, 0.15) is 0 Å². The Morgan fingerprint density at radius 1 is 1.32 bits per heavy atom. The van der Waals surface area contributed by atoms with Crippen molar-refractivity contribution in [2.75, 3.05) is 0 Å². The molecule has 94 valence electrons. The number of nitrogens with one attached hydrogen (secondary N) is 2. The third-order valence-corrected chi connectivity index (χ3v) is 2.78. The van der Waals surface area contributed by atoms with Crippen molar-refractivity contribution in [1.82, 2.24) is 10.7 Å². The van der Waals surface area contributed by atoms with E-state index in [1.807, 2.05) is 42.5 Å². The minimum Gasteiger partial charge on any atom is -0.312 e. The van der Waals surface area contributed by atoms with Crippen LogP contribution in [0.3, 0.4) is 0 Å². The van der Waals surface area contributed by atoms with Crippen molar-refractivity contribution in [3.8, 4) is 0 Å². The van der Waals surface area contributed by atoms with Crippen LogP contribution in [-0.4, -0.2) is 24.1 Å². The number of nitrogens with zero attached hydrogens (tertiary/aromatic N) is 2. The molecule has 1 aliphatic carbocycles. The molecular weight excluding hydrogens is 240 g/mol. The molecule has 19 heavy (non-hydrogen) atoms. The first-order valence-corrected chi connectivity index (χ1v) is 5.94. The van der Waals surface area contributed by atoms with Gasteiger partial charge in [0, 0.05) is 0 Å². The fraction of sp³-hybridized carbons (Fsp3) is 0.0714. The summed E-state index contributed by atoms with van der Waals surface area (Å²) in [6, 6.07) is 9.70. The first kappa shape index (κ1) is 11.4. The van der Waals surface area contributed by atoms with E-state index in [0.717, 1.165) is 5.56 Å². The van der Waals surface area contributed by atoms with Crippen molar-refractivity contribution in [2.45, 2.75) is 6.29 Å². The maximum Gasteiger partial charge on any atom is 0.256 e. The summed E-state index contributed by atoms with van der Waals surface area (Å²) >= 11 is 0. The Labute approximate surface area is 110 Å². The van der Waals surface area contributed by atoms with E-state index in [0.29, 0.717) is 11.3 Å². The molecule has 0 radical (unpaired) electrons. The highest BCUT2D eigenvalue weighted by molar-refractivity contribution is 6.28. The largest absolute Gasteiger partial charge is 0.312 e. The standard InChI is InChI=1S/C14H12N4O/c19-13-11-7-4-8-12(11)16-14(17-13)18-15-9-10-5-2-1-3-6-10/h1-9,14,18H,(H,17,19). The lowest BCUT2D eigenvalue weighted by atomic mass is 10.1. The maximum atomic E-state index is 11.7. The van der Waals surface area contributed by atoms with Crippen LogP contribution in [0.2, 0.25) is 0 Å². The molecule has 1 aromatic rings. The minimum atomic E-state index is -0.526. The fourth-order valence-electron chi connectivity index (χ4n) is 1.87. The molecule has 0 saturated carbocycles. The topological polar surface area (TPSA) is 65.8 Å². The first-order valence-electron chi connectivity index (χ1n) is 5.94. The lowest BCUT2D eigenvalue weighted by Gasteiger charge is -2.20. The maximum absolute atomic E-state index is 11.7. The van der Waals surface area contributed by atoms with Crippen molar-refractivity contribution < 1.29 is 4.79 Å². The third-order valence-electron chi connectivity index (χ3n) is 2.78. The van der Waals surface area contributed by atoms with Crippen LogP contribution in [0.15, 0.2) is 64.2 Å². The highest BCUT2D eigenvalue weighted by Gasteiger charge is 2.25. The monoisotopic (exact) mass is 252 g/mol. The Morgan fingerprint density at radius 3 is 3.00 bits per heavy atom. The van der Waals surface area contributed by atoms with Crippen LogP contribution in [0.4, 0.5) is 0 Å². The molecule has 2 aliphatic rings. The number of fused-ring (bicyclic) bond motifs is 1. The van der Waals surface area contributed by atoms with Crippen LogP contribution in [-0.2, 0) is 4.79 Å². The molecule has 1 aromatic carbocycles. The number of benzene rings is 1. The van der Waals surface area contributed by atoms with Gasteiger partial charge in [0.25, 0.3) is 5.91 Å². The molecule has 0 aromatic heterocycles. The highest BCUT2D eigenvalue weighted by atomic mass is 16.2. The number of hydrazone groups is 1. The van der Waals surface area contributed by atoms with Gasteiger partial charge in [0.2, 0.25) is 6.29 Å². The van der Waals surface area contributed by atoms with Crippen molar-refractivity contribution in [1.29, 1.82) is 0 Å². The number of rotatable bonds is 3.